The molecule has 1 heterocycles. The lowest BCUT2D eigenvalue weighted by Crippen LogP contribution is -2.30. The molecular weight excluding hydrogens is 662 g/mol. The Morgan fingerprint density at radius 1 is 0.857 bits per heavy atom. The van der Waals surface area contributed by atoms with Crippen molar-refractivity contribution >= 4 is 27.3 Å². The Labute approximate surface area is 291 Å². The Morgan fingerprint density at radius 3 is 2.18 bits per heavy atom. The second-order valence-corrected chi connectivity index (χ2v) is 13.8. The lowest BCUT2D eigenvalue weighted by Gasteiger charge is -2.25. The molecule has 0 unspecified atom stereocenters. The summed E-state index contributed by atoms with van der Waals surface area (Å²) in [6, 6.07) is 33.7. The van der Waals surface area contributed by atoms with Crippen molar-refractivity contribution in [3.05, 3.63) is 154 Å². The molecule has 0 spiro atoms. The summed E-state index contributed by atoms with van der Waals surface area (Å²) in [5.74, 6) is -0.326. The van der Waals surface area contributed by atoms with Crippen molar-refractivity contribution in [3.63, 3.8) is 0 Å². The summed E-state index contributed by atoms with van der Waals surface area (Å²) in [5.41, 5.74) is 3.64. The number of halogens is 1. The number of carbonyl (C=O) groups excluding carboxylic acids is 1. The van der Waals surface area contributed by atoms with Gasteiger partial charge in [-0.1, -0.05) is 90.5 Å². The molecule has 0 aliphatic rings. The third kappa shape index (κ3) is 9.97. The molecule has 0 fully saturated rings. The number of hydrogen-bond acceptors (Lipinski definition) is 8. The minimum absolute atomic E-state index is 0.00940. The van der Waals surface area contributed by atoms with Gasteiger partial charge in [0, 0.05) is 37.9 Å². The average Bonchev–Trinajstić information content (AvgIpc) is 3.13. The maximum absolute atomic E-state index is 13.7. The number of amides is 1. The molecule has 1 amide bonds. The molecule has 0 saturated carbocycles. The highest BCUT2D eigenvalue weighted by Gasteiger charge is 2.23. The SMILES string of the molecule is O=C(NCCO)c1cc(S(=O)(=O)c2ccc(CCN(Cc3ccccc3)C[C@@H](O)c3ccc(Cl)nc3)cc2)ccc1OCc1ccccc1. The van der Waals surface area contributed by atoms with E-state index >= 15 is 0 Å². The maximum Gasteiger partial charge on any atom is 0.255 e. The van der Waals surface area contributed by atoms with Gasteiger partial charge in [-0.05, 0) is 59.5 Å². The van der Waals surface area contributed by atoms with Crippen LogP contribution in [0.2, 0.25) is 5.15 Å². The number of carbonyl (C=O) groups is 1. The van der Waals surface area contributed by atoms with Gasteiger partial charge in [0.1, 0.15) is 17.5 Å². The zero-order valence-corrected chi connectivity index (χ0v) is 28.4. The molecule has 0 aliphatic heterocycles. The molecule has 0 radical (unpaired) electrons. The van der Waals surface area contributed by atoms with Gasteiger partial charge in [-0.15, -0.1) is 0 Å². The summed E-state index contributed by atoms with van der Waals surface area (Å²) >= 11 is 5.92. The summed E-state index contributed by atoms with van der Waals surface area (Å²) in [4.78, 5) is 19.2. The largest absolute Gasteiger partial charge is 0.488 e. The van der Waals surface area contributed by atoms with Crippen molar-refractivity contribution in [2.75, 3.05) is 26.2 Å². The number of aliphatic hydroxyl groups excluding tert-OH is 2. The molecule has 11 heteroatoms. The van der Waals surface area contributed by atoms with Gasteiger partial charge in [0.25, 0.3) is 5.91 Å². The number of nitrogens with zero attached hydrogens (tertiary/aromatic N) is 2. The molecule has 1 aromatic heterocycles. The monoisotopic (exact) mass is 699 g/mol. The van der Waals surface area contributed by atoms with Crippen LogP contribution in [0.5, 0.6) is 5.75 Å². The lowest BCUT2D eigenvalue weighted by molar-refractivity contribution is 0.0940. The van der Waals surface area contributed by atoms with Crippen LogP contribution in [0.25, 0.3) is 0 Å². The van der Waals surface area contributed by atoms with E-state index in [2.05, 4.69) is 15.2 Å². The molecule has 1 atom stereocenters. The highest BCUT2D eigenvalue weighted by Crippen LogP contribution is 2.28. The number of ether oxygens (including phenoxy) is 1. The van der Waals surface area contributed by atoms with E-state index < -0.39 is 21.8 Å². The number of sulfone groups is 1. The summed E-state index contributed by atoms with van der Waals surface area (Å²) in [6.45, 7) is 1.52. The summed E-state index contributed by atoms with van der Waals surface area (Å²) < 4.78 is 33.3. The van der Waals surface area contributed by atoms with E-state index in [1.807, 2.05) is 60.7 Å². The molecule has 0 saturated heterocycles. The second-order valence-electron chi connectivity index (χ2n) is 11.5. The topological polar surface area (TPSA) is 129 Å². The maximum atomic E-state index is 13.7. The van der Waals surface area contributed by atoms with E-state index in [0.717, 1.165) is 16.7 Å². The van der Waals surface area contributed by atoms with E-state index in [0.29, 0.717) is 36.8 Å². The van der Waals surface area contributed by atoms with E-state index in [-0.39, 0.29) is 40.9 Å². The normalized spacial score (nSPS) is 12.1. The first-order valence-electron chi connectivity index (χ1n) is 15.8. The van der Waals surface area contributed by atoms with Crippen molar-refractivity contribution in [1.82, 2.24) is 15.2 Å². The van der Waals surface area contributed by atoms with Crippen molar-refractivity contribution in [3.8, 4) is 5.75 Å². The molecule has 5 rings (SSSR count). The lowest BCUT2D eigenvalue weighted by atomic mass is 10.1. The minimum atomic E-state index is -3.98. The van der Waals surface area contributed by atoms with Crippen LogP contribution in [0.15, 0.2) is 131 Å². The predicted octanol–water partition coefficient (Wildman–Crippen LogP) is 5.65. The van der Waals surface area contributed by atoms with Gasteiger partial charge in [-0.2, -0.15) is 0 Å². The molecule has 9 nitrogen and oxygen atoms in total. The Kier molecular flexibility index (Phi) is 12.5. The van der Waals surface area contributed by atoms with Crippen molar-refractivity contribution in [2.24, 2.45) is 0 Å². The summed E-state index contributed by atoms with van der Waals surface area (Å²) in [7, 11) is -3.98. The van der Waals surface area contributed by atoms with Gasteiger partial charge in [-0.25, -0.2) is 13.4 Å². The van der Waals surface area contributed by atoms with Crippen LogP contribution < -0.4 is 10.1 Å². The van der Waals surface area contributed by atoms with Crippen LogP contribution in [-0.2, 0) is 29.4 Å². The molecule has 49 heavy (non-hydrogen) atoms. The van der Waals surface area contributed by atoms with Crippen LogP contribution in [0, 0.1) is 0 Å². The molecule has 0 aliphatic carbocycles. The van der Waals surface area contributed by atoms with Crippen LogP contribution in [-0.4, -0.2) is 60.7 Å². The molecule has 3 N–H and O–H groups in total. The Morgan fingerprint density at radius 2 is 1.53 bits per heavy atom. The fourth-order valence-electron chi connectivity index (χ4n) is 5.25. The summed E-state index contributed by atoms with van der Waals surface area (Å²) in [6.07, 6.45) is 1.41. The molecule has 0 bridgehead atoms. The smallest absolute Gasteiger partial charge is 0.255 e. The first kappa shape index (κ1) is 35.7. The fourth-order valence-corrected chi connectivity index (χ4v) is 6.65. The molecule has 5 aromatic rings. The van der Waals surface area contributed by atoms with Gasteiger partial charge < -0.3 is 20.3 Å². The van der Waals surface area contributed by atoms with Crippen LogP contribution in [0.1, 0.15) is 38.7 Å². The van der Waals surface area contributed by atoms with Gasteiger partial charge in [0.05, 0.1) is 28.1 Å². The number of rotatable bonds is 16. The van der Waals surface area contributed by atoms with Crippen LogP contribution in [0.3, 0.4) is 0 Å². The van der Waals surface area contributed by atoms with E-state index in [4.69, 9.17) is 16.3 Å². The zero-order valence-electron chi connectivity index (χ0n) is 26.8. The van der Waals surface area contributed by atoms with Crippen molar-refractivity contribution < 1.29 is 28.2 Å². The molecular formula is C38H38ClN3O6S. The van der Waals surface area contributed by atoms with Gasteiger partial charge in [-0.3, -0.25) is 9.69 Å². The Balaban J connectivity index is 1.30. The van der Waals surface area contributed by atoms with Gasteiger partial charge >= 0.3 is 0 Å². The highest BCUT2D eigenvalue weighted by atomic mass is 35.5. The second kappa shape index (κ2) is 17.2. The number of hydrogen-bond donors (Lipinski definition) is 3. The number of pyridine rings is 1. The van der Waals surface area contributed by atoms with Gasteiger partial charge in [0.15, 0.2) is 0 Å². The molecule has 254 valence electrons. The average molecular weight is 700 g/mol. The number of benzene rings is 4. The third-order valence-corrected chi connectivity index (χ3v) is 9.90. The van der Waals surface area contributed by atoms with Crippen molar-refractivity contribution in [1.29, 1.82) is 0 Å². The first-order valence-corrected chi connectivity index (χ1v) is 17.7. The zero-order chi connectivity index (χ0) is 34.6. The highest BCUT2D eigenvalue weighted by molar-refractivity contribution is 7.91. The van der Waals surface area contributed by atoms with Gasteiger partial charge in [0.2, 0.25) is 9.84 Å². The van der Waals surface area contributed by atoms with E-state index in [9.17, 15) is 23.4 Å². The van der Waals surface area contributed by atoms with Crippen LogP contribution >= 0.6 is 11.6 Å². The fraction of sp³-hybridized carbons (Fsp3) is 0.211. The number of aliphatic hydroxyl groups is 2. The summed E-state index contributed by atoms with van der Waals surface area (Å²) in [5, 5.41) is 23.1. The minimum Gasteiger partial charge on any atom is -0.488 e. The standard InChI is InChI=1S/C38H38ClN3O6S/c39-37-18-13-31(24-41-37)35(44)26-42(25-29-7-3-1-4-8-29)21-19-28-11-14-32(15-12-28)49(46,47)33-16-17-36(34(23-33)38(45)40-20-22-43)48-27-30-9-5-2-6-10-30/h1-18,23-24,35,43-44H,19-22,25-27H2,(H,40,45)/t35-/m1/s1. The van der Waals surface area contributed by atoms with E-state index in [1.165, 1.54) is 18.2 Å². The Hall–Kier alpha value is -4.58. The number of aromatic nitrogens is 1. The van der Waals surface area contributed by atoms with Crippen molar-refractivity contribution in [2.45, 2.75) is 35.5 Å². The first-order chi connectivity index (χ1) is 23.7. The third-order valence-electron chi connectivity index (χ3n) is 7.91. The Bertz CT molecular complexity index is 1910. The number of nitrogens with one attached hydrogen (secondary N) is 1. The quantitative estimate of drug-likeness (QED) is 0.113. The molecule has 4 aromatic carbocycles. The predicted molar refractivity (Wildman–Crippen MR) is 188 cm³/mol. The van der Waals surface area contributed by atoms with Crippen LogP contribution in [0.4, 0.5) is 0 Å². The van der Waals surface area contributed by atoms with E-state index in [1.54, 1.807) is 42.6 Å².